The Labute approximate surface area is 161 Å². The highest BCUT2D eigenvalue weighted by atomic mass is 16.6. The second-order valence-corrected chi connectivity index (χ2v) is 5.77. The lowest BCUT2D eigenvalue weighted by Crippen LogP contribution is -2.47. The van der Waals surface area contributed by atoms with Crippen LogP contribution in [-0.2, 0) is 4.79 Å². The first-order valence-corrected chi connectivity index (χ1v) is 8.66. The molecule has 0 spiro atoms. The van der Waals surface area contributed by atoms with E-state index in [9.17, 15) is 19.7 Å². The monoisotopic (exact) mass is 387 g/mol. The molecular weight excluding hydrogens is 366 g/mol. The summed E-state index contributed by atoms with van der Waals surface area (Å²) >= 11 is 0. The van der Waals surface area contributed by atoms with Gasteiger partial charge >= 0.3 is 5.69 Å². The zero-order valence-electron chi connectivity index (χ0n) is 15.5. The van der Waals surface area contributed by atoms with Crippen LogP contribution in [-0.4, -0.2) is 29.4 Å². The number of hydrogen-bond donors (Lipinski definition) is 2. The lowest BCUT2D eigenvalue weighted by Gasteiger charge is -2.16. The number of para-hydroxylation sites is 3. The number of carbonyl (C=O) groups is 2. The summed E-state index contributed by atoms with van der Waals surface area (Å²) in [5.74, 6) is -0.864. The quantitative estimate of drug-likeness (QED) is 0.531. The van der Waals surface area contributed by atoms with Gasteiger partial charge in [-0.25, -0.2) is 0 Å². The van der Waals surface area contributed by atoms with Gasteiger partial charge in [-0.05, 0) is 31.5 Å². The number of ether oxygens (including phenoxy) is 2. The Hall–Kier alpha value is -3.62. The Morgan fingerprint density at radius 1 is 1.07 bits per heavy atom. The summed E-state index contributed by atoms with van der Waals surface area (Å²) in [4.78, 5) is 34.9. The number of nitrogens with one attached hydrogen (secondary N) is 2. The van der Waals surface area contributed by atoms with Crippen LogP contribution in [0.4, 0.5) is 5.69 Å². The highest BCUT2D eigenvalue weighted by molar-refractivity contribution is 5.98. The zero-order chi connectivity index (χ0) is 20.5. The molecule has 0 aromatic heterocycles. The molecule has 1 atom stereocenters. The molecule has 9 nitrogen and oxygen atoms in total. The van der Waals surface area contributed by atoms with E-state index < -0.39 is 22.8 Å². The Morgan fingerprint density at radius 3 is 2.39 bits per heavy atom. The van der Waals surface area contributed by atoms with Crippen LogP contribution in [0.1, 0.15) is 30.6 Å². The van der Waals surface area contributed by atoms with E-state index in [1.807, 2.05) is 6.92 Å². The third-order valence-corrected chi connectivity index (χ3v) is 3.63. The van der Waals surface area contributed by atoms with E-state index in [0.29, 0.717) is 12.4 Å². The molecule has 0 aliphatic carbocycles. The fourth-order valence-corrected chi connectivity index (χ4v) is 2.23. The Morgan fingerprint density at radius 2 is 1.71 bits per heavy atom. The van der Waals surface area contributed by atoms with Crippen LogP contribution in [0, 0.1) is 10.1 Å². The van der Waals surface area contributed by atoms with Gasteiger partial charge < -0.3 is 9.47 Å². The van der Waals surface area contributed by atoms with Crippen LogP contribution < -0.4 is 20.3 Å². The highest BCUT2D eigenvalue weighted by Crippen LogP contribution is 2.26. The molecule has 0 saturated carbocycles. The molecule has 2 rings (SSSR count). The standard InChI is InChI=1S/C19H21N3O6/c1-3-12-27-16-10-6-4-8-14(16)19(24)21-20-18(23)13(2)28-17-11-7-5-9-15(17)22(25)26/h4-11,13H,3,12H2,1-2H3,(H,20,23)(H,21,24)/t13-/m0/s1. The molecule has 0 radical (unpaired) electrons. The minimum Gasteiger partial charge on any atom is -0.493 e. The number of carbonyl (C=O) groups excluding carboxylic acids is 2. The number of nitrogens with zero attached hydrogens (tertiary/aromatic N) is 1. The Bertz CT molecular complexity index is 855. The molecule has 0 aliphatic rings. The lowest BCUT2D eigenvalue weighted by atomic mass is 10.2. The topological polar surface area (TPSA) is 120 Å². The number of rotatable bonds is 8. The average Bonchev–Trinajstić information content (AvgIpc) is 2.70. The van der Waals surface area contributed by atoms with Crippen LogP contribution in [0.5, 0.6) is 11.5 Å². The fourth-order valence-electron chi connectivity index (χ4n) is 2.23. The van der Waals surface area contributed by atoms with Gasteiger partial charge in [0.1, 0.15) is 5.75 Å². The molecule has 0 aliphatic heterocycles. The van der Waals surface area contributed by atoms with Crippen molar-refractivity contribution >= 4 is 17.5 Å². The van der Waals surface area contributed by atoms with Crippen LogP contribution in [0.2, 0.25) is 0 Å². The van der Waals surface area contributed by atoms with Crippen LogP contribution >= 0.6 is 0 Å². The summed E-state index contributed by atoms with van der Waals surface area (Å²) in [6.07, 6.45) is -0.291. The predicted molar refractivity (Wildman–Crippen MR) is 101 cm³/mol. The van der Waals surface area contributed by atoms with E-state index >= 15 is 0 Å². The molecule has 0 bridgehead atoms. The number of hydrogen-bond acceptors (Lipinski definition) is 6. The van der Waals surface area contributed by atoms with Crippen molar-refractivity contribution in [3.05, 3.63) is 64.2 Å². The van der Waals surface area contributed by atoms with Crippen molar-refractivity contribution in [2.45, 2.75) is 26.4 Å². The Kier molecular flexibility index (Phi) is 7.32. The van der Waals surface area contributed by atoms with E-state index in [-0.39, 0.29) is 17.0 Å². The number of hydrazine groups is 1. The SMILES string of the molecule is CCCOc1ccccc1C(=O)NNC(=O)[C@H](C)Oc1ccccc1[N+](=O)[O-]. The minimum atomic E-state index is -1.08. The van der Waals surface area contributed by atoms with E-state index in [4.69, 9.17) is 9.47 Å². The molecule has 2 aromatic carbocycles. The molecule has 0 saturated heterocycles. The first-order valence-electron chi connectivity index (χ1n) is 8.66. The van der Waals surface area contributed by atoms with Crippen molar-refractivity contribution in [1.29, 1.82) is 0 Å². The van der Waals surface area contributed by atoms with Gasteiger partial charge in [-0.3, -0.25) is 30.6 Å². The molecular formula is C19H21N3O6. The van der Waals surface area contributed by atoms with Crippen molar-refractivity contribution < 1.29 is 24.0 Å². The van der Waals surface area contributed by atoms with Gasteiger partial charge in [0, 0.05) is 6.07 Å². The van der Waals surface area contributed by atoms with Crippen LogP contribution in [0.25, 0.3) is 0 Å². The molecule has 148 valence electrons. The largest absolute Gasteiger partial charge is 0.493 e. The van der Waals surface area contributed by atoms with Crippen molar-refractivity contribution in [1.82, 2.24) is 10.9 Å². The second-order valence-electron chi connectivity index (χ2n) is 5.77. The lowest BCUT2D eigenvalue weighted by molar-refractivity contribution is -0.386. The van der Waals surface area contributed by atoms with Gasteiger partial charge in [-0.2, -0.15) is 0 Å². The molecule has 2 aromatic rings. The van der Waals surface area contributed by atoms with Crippen molar-refractivity contribution in [2.24, 2.45) is 0 Å². The van der Waals surface area contributed by atoms with Gasteiger partial charge in [-0.1, -0.05) is 31.2 Å². The summed E-state index contributed by atoms with van der Waals surface area (Å²) in [5, 5.41) is 11.0. The third kappa shape index (κ3) is 5.44. The molecule has 0 unspecified atom stereocenters. The van der Waals surface area contributed by atoms with Gasteiger partial charge in [0.2, 0.25) is 0 Å². The first kappa shape index (κ1) is 20.7. The van der Waals surface area contributed by atoms with Gasteiger partial charge in [0.15, 0.2) is 11.9 Å². The highest BCUT2D eigenvalue weighted by Gasteiger charge is 2.21. The number of amides is 2. The second kappa shape index (κ2) is 9.91. The Balaban J connectivity index is 1.97. The van der Waals surface area contributed by atoms with Gasteiger partial charge in [0.05, 0.1) is 17.1 Å². The van der Waals surface area contributed by atoms with Crippen molar-refractivity contribution in [2.75, 3.05) is 6.61 Å². The first-order chi connectivity index (χ1) is 13.4. The zero-order valence-corrected chi connectivity index (χ0v) is 15.5. The van der Waals surface area contributed by atoms with Crippen LogP contribution in [0.3, 0.4) is 0 Å². The van der Waals surface area contributed by atoms with E-state index in [1.54, 1.807) is 30.3 Å². The summed E-state index contributed by atoms with van der Waals surface area (Å²) in [7, 11) is 0. The van der Waals surface area contributed by atoms with Gasteiger partial charge in [-0.15, -0.1) is 0 Å². The maximum Gasteiger partial charge on any atom is 0.310 e. The number of nitro benzene ring substituents is 1. The number of benzene rings is 2. The summed E-state index contributed by atoms with van der Waals surface area (Å²) < 4.78 is 10.9. The molecule has 0 heterocycles. The van der Waals surface area contributed by atoms with Gasteiger partial charge in [0.25, 0.3) is 11.8 Å². The predicted octanol–water partition coefficient (Wildman–Crippen LogP) is 2.61. The third-order valence-electron chi connectivity index (χ3n) is 3.63. The number of nitro groups is 1. The summed E-state index contributed by atoms with van der Waals surface area (Å²) in [6, 6.07) is 12.4. The molecule has 9 heteroatoms. The maximum atomic E-state index is 12.3. The van der Waals surface area contributed by atoms with Crippen molar-refractivity contribution in [3.8, 4) is 11.5 Å². The average molecular weight is 387 g/mol. The molecule has 0 fully saturated rings. The summed E-state index contributed by atoms with van der Waals surface area (Å²) in [5.41, 5.74) is 4.54. The molecule has 2 N–H and O–H groups in total. The summed E-state index contributed by atoms with van der Waals surface area (Å²) in [6.45, 7) is 3.81. The van der Waals surface area contributed by atoms with E-state index in [2.05, 4.69) is 10.9 Å². The maximum absolute atomic E-state index is 12.3. The normalized spacial score (nSPS) is 11.2. The van der Waals surface area contributed by atoms with Crippen molar-refractivity contribution in [3.63, 3.8) is 0 Å². The van der Waals surface area contributed by atoms with Crippen LogP contribution in [0.15, 0.2) is 48.5 Å². The minimum absolute atomic E-state index is 0.0419. The molecule has 28 heavy (non-hydrogen) atoms. The fraction of sp³-hybridized carbons (Fsp3) is 0.263. The van der Waals surface area contributed by atoms with E-state index in [0.717, 1.165) is 6.42 Å². The van der Waals surface area contributed by atoms with E-state index in [1.165, 1.54) is 25.1 Å². The molecule has 2 amide bonds. The smallest absolute Gasteiger partial charge is 0.310 e.